The monoisotopic (exact) mass is 300 g/mol. The number of benzene rings is 1. The third kappa shape index (κ3) is 2.86. The highest BCUT2D eigenvalue weighted by molar-refractivity contribution is 5.94. The van der Waals surface area contributed by atoms with Gasteiger partial charge in [-0.3, -0.25) is 4.79 Å². The average Bonchev–Trinajstić information content (AvgIpc) is 2.56. The van der Waals surface area contributed by atoms with Gasteiger partial charge in [-0.05, 0) is 24.3 Å². The highest BCUT2D eigenvalue weighted by atomic mass is 19.1. The Labute approximate surface area is 128 Å². The Morgan fingerprint density at radius 1 is 1.09 bits per heavy atom. The molecule has 0 radical (unpaired) electrons. The Kier molecular flexibility index (Phi) is 3.91. The number of rotatable bonds is 2. The zero-order valence-electron chi connectivity index (χ0n) is 12.1. The number of halogens is 1. The molecule has 1 aromatic heterocycles. The highest BCUT2D eigenvalue weighted by Gasteiger charge is 2.23. The van der Waals surface area contributed by atoms with Gasteiger partial charge in [-0.15, -0.1) is 0 Å². The Morgan fingerprint density at radius 2 is 1.82 bits per heavy atom. The number of pyridine rings is 1. The summed E-state index contributed by atoms with van der Waals surface area (Å²) in [5.74, 6) is 0.0895. The van der Waals surface area contributed by atoms with Gasteiger partial charge < -0.3 is 15.5 Å². The van der Waals surface area contributed by atoms with Crippen LogP contribution in [0.4, 0.5) is 15.9 Å². The second kappa shape index (κ2) is 6.01. The fraction of sp³-hybridized carbons (Fsp3) is 0.250. The van der Waals surface area contributed by atoms with E-state index < -0.39 is 0 Å². The average molecular weight is 300 g/mol. The van der Waals surface area contributed by atoms with Crippen LogP contribution in [0.25, 0.3) is 0 Å². The van der Waals surface area contributed by atoms with Gasteiger partial charge in [-0.1, -0.05) is 12.1 Å². The van der Waals surface area contributed by atoms with Crippen molar-refractivity contribution in [2.75, 3.05) is 36.8 Å². The number of hydrogen-bond acceptors (Lipinski definition) is 4. The first kappa shape index (κ1) is 14.3. The van der Waals surface area contributed by atoms with Crippen LogP contribution >= 0.6 is 0 Å². The number of nitrogens with two attached hydrogens (primary N) is 1. The predicted octanol–water partition coefficient (Wildman–Crippen LogP) is 1.77. The van der Waals surface area contributed by atoms with E-state index in [0.29, 0.717) is 43.2 Å². The van der Waals surface area contributed by atoms with Gasteiger partial charge in [-0.25, -0.2) is 9.37 Å². The van der Waals surface area contributed by atoms with E-state index in [0.717, 1.165) is 0 Å². The van der Waals surface area contributed by atoms with E-state index in [2.05, 4.69) is 4.98 Å². The molecule has 2 aromatic rings. The molecule has 1 aromatic carbocycles. The number of nitrogens with zero attached hydrogens (tertiary/aromatic N) is 3. The quantitative estimate of drug-likeness (QED) is 0.918. The highest BCUT2D eigenvalue weighted by Crippen LogP contribution is 2.20. The maximum Gasteiger partial charge on any atom is 0.255 e. The van der Waals surface area contributed by atoms with Gasteiger partial charge in [0.15, 0.2) is 0 Å². The lowest BCUT2D eigenvalue weighted by Gasteiger charge is -2.36. The van der Waals surface area contributed by atoms with Crippen molar-refractivity contribution in [2.45, 2.75) is 0 Å². The minimum Gasteiger partial charge on any atom is -0.384 e. The number of hydrogen-bond donors (Lipinski definition) is 1. The van der Waals surface area contributed by atoms with E-state index in [1.165, 1.54) is 12.3 Å². The van der Waals surface area contributed by atoms with Crippen LogP contribution in [-0.2, 0) is 0 Å². The molecule has 22 heavy (non-hydrogen) atoms. The molecule has 1 aliphatic rings. The zero-order chi connectivity index (χ0) is 15.5. The largest absolute Gasteiger partial charge is 0.384 e. The second-order valence-electron chi connectivity index (χ2n) is 5.20. The second-order valence-corrected chi connectivity index (χ2v) is 5.20. The number of para-hydroxylation sites is 1. The van der Waals surface area contributed by atoms with Crippen molar-refractivity contribution in [3.8, 4) is 0 Å². The van der Waals surface area contributed by atoms with Gasteiger partial charge in [0, 0.05) is 32.4 Å². The summed E-state index contributed by atoms with van der Waals surface area (Å²) in [5.41, 5.74) is 6.63. The first-order chi connectivity index (χ1) is 10.6. The number of amides is 1. The van der Waals surface area contributed by atoms with Gasteiger partial charge in [0.1, 0.15) is 11.6 Å². The van der Waals surface area contributed by atoms with E-state index in [9.17, 15) is 9.18 Å². The lowest BCUT2D eigenvalue weighted by atomic mass is 10.2. The van der Waals surface area contributed by atoms with Gasteiger partial charge >= 0.3 is 0 Å². The molecule has 0 spiro atoms. The number of nitrogen functional groups attached to an aromatic ring is 1. The molecular weight excluding hydrogens is 283 g/mol. The van der Waals surface area contributed by atoms with Crippen LogP contribution < -0.4 is 10.6 Å². The predicted molar refractivity (Wildman–Crippen MR) is 83.2 cm³/mol. The van der Waals surface area contributed by atoms with Crippen LogP contribution in [0.5, 0.6) is 0 Å². The van der Waals surface area contributed by atoms with Gasteiger partial charge in [0.05, 0.1) is 11.3 Å². The van der Waals surface area contributed by atoms with Crippen LogP contribution in [0.3, 0.4) is 0 Å². The normalized spacial score (nSPS) is 15.0. The topological polar surface area (TPSA) is 62.5 Å². The van der Waals surface area contributed by atoms with Crippen molar-refractivity contribution in [1.82, 2.24) is 9.88 Å². The Bertz CT molecular complexity index is 666. The molecule has 0 bridgehead atoms. The van der Waals surface area contributed by atoms with Crippen LogP contribution in [0.2, 0.25) is 0 Å². The summed E-state index contributed by atoms with van der Waals surface area (Å²) in [4.78, 5) is 20.0. The summed E-state index contributed by atoms with van der Waals surface area (Å²) in [5, 5.41) is 0. The first-order valence-corrected chi connectivity index (χ1v) is 7.15. The number of anilines is 2. The fourth-order valence-corrected chi connectivity index (χ4v) is 2.57. The van der Waals surface area contributed by atoms with Gasteiger partial charge in [0.2, 0.25) is 0 Å². The summed E-state index contributed by atoms with van der Waals surface area (Å²) in [7, 11) is 0. The summed E-state index contributed by atoms with van der Waals surface area (Å²) in [6.07, 6.45) is 1.49. The van der Waals surface area contributed by atoms with Crippen molar-refractivity contribution in [1.29, 1.82) is 0 Å². The van der Waals surface area contributed by atoms with Crippen LogP contribution in [0.1, 0.15) is 10.4 Å². The van der Waals surface area contributed by atoms with E-state index in [4.69, 9.17) is 5.73 Å². The van der Waals surface area contributed by atoms with E-state index in [-0.39, 0.29) is 11.7 Å². The molecule has 0 aliphatic carbocycles. The number of carbonyl (C=O) groups excluding carboxylic acids is 1. The maximum absolute atomic E-state index is 13.8. The molecule has 1 aliphatic heterocycles. The molecule has 2 N–H and O–H groups in total. The Hall–Kier alpha value is -2.63. The zero-order valence-corrected chi connectivity index (χ0v) is 12.1. The van der Waals surface area contributed by atoms with Crippen LogP contribution in [0, 0.1) is 5.82 Å². The van der Waals surface area contributed by atoms with E-state index in [1.54, 1.807) is 29.2 Å². The van der Waals surface area contributed by atoms with Crippen molar-refractivity contribution < 1.29 is 9.18 Å². The molecular formula is C16H17FN4O. The SMILES string of the molecule is Nc1ccc(C(=O)N2CCN(c3ccccc3F)CC2)cn1. The maximum atomic E-state index is 13.8. The summed E-state index contributed by atoms with van der Waals surface area (Å²) >= 11 is 0. The molecule has 6 heteroatoms. The van der Waals surface area contributed by atoms with Crippen LogP contribution in [-0.4, -0.2) is 42.0 Å². The minimum absolute atomic E-state index is 0.0688. The number of carbonyl (C=O) groups is 1. The van der Waals surface area contributed by atoms with Crippen LogP contribution in [0.15, 0.2) is 42.6 Å². The minimum atomic E-state index is -0.231. The Balaban J connectivity index is 1.65. The van der Waals surface area contributed by atoms with Crippen molar-refractivity contribution in [2.24, 2.45) is 0 Å². The molecule has 5 nitrogen and oxygen atoms in total. The third-order valence-corrected chi connectivity index (χ3v) is 3.79. The van der Waals surface area contributed by atoms with E-state index in [1.807, 2.05) is 11.0 Å². The summed E-state index contributed by atoms with van der Waals surface area (Å²) < 4.78 is 13.8. The lowest BCUT2D eigenvalue weighted by molar-refractivity contribution is 0.0746. The molecule has 1 saturated heterocycles. The van der Waals surface area contributed by atoms with E-state index >= 15 is 0 Å². The number of piperazine rings is 1. The fourth-order valence-electron chi connectivity index (χ4n) is 2.57. The van der Waals surface area contributed by atoms with Gasteiger partial charge in [-0.2, -0.15) is 0 Å². The molecule has 0 atom stereocenters. The first-order valence-electron chi connectivity index (χ1n) is 7.15. The standard InChI is InChI=1S/C16H17FN4O/c17-13-3-1-2-4-14(13)20-7-9-21(10-8-20)16(22)12-5-6-15(18)19-11-12/h1-6,11H,7-10H2,(H2,18,19). The van der Waals surface area contributed by atoms with Crippen molar-refractivity contribution in [3.63, 3.8) is 0 Å². The lowest BCUT2D eigenvalue weighted by Crippen LogP contribution is -2.49. The van der Waals surface area contributed by atoms with Gasteiger partial charge in [0.25, 0.3) is 5.91 Å². The van der Waals surface area contributed by atoms with Crippen molar-refractivity contribution >= 4 is 17.4 Å². The smallest absolute Gasteiger partial charge is 0.255 e. The summed E-state index contributed by atoms with van der Waals surface area (Å²) in [6, 6.07) is 9.99. The molecule has 1 fully saturated rings. The van der Waals surface area contributed by atoms with Crippen molar-refractivity contribution in [3.05, 3.63) is 54.0 Å². The number of aromatic nitrogens is 1. The molecule has 2 heterocycles. The molecule has 0 saturated carbocycles. The molecule has 3 rings (SSSR count). The summed E-state index contributed by atoms with van der Waals surface area (Å²) in [6.45, 7) is 2.32. The molecule has 114 valence electrons. The Morgan fingerprint density at radius 3 is 2.45 bits per heavy atom. The third-order valence-electron chi connectivity index (χ3n) is 3.79. The molecule has 1 amide bonds. The molecule has 0 unspecified atom stereocenters.